The van der Waals surface area contributed by atoms with Crippen molar-refractivity contribution in [3.63, 3.8) is 0 Å². The Morgan fingerprint density at radius 3 is 2.40 bits per heavy atom. The number of nitrogens with zero attached hydrogens (tertiary/aromatic N) is 3. The zero-order valence-corrected chi connectivity index (χ0v) is 12.1. The highest BCUT2D eigenvalue weighted by atomic mass is 79.9. The van der Waals surface area contributed by atoms with Gasteiger partial charge >= 0.3 is 0 Å². The highest BCUT2D eigenvalue weighted by Gasteiger charge is 2.12. The molecule has 0 atom stereocenters. The summed E-state index contributed by atoms with van der Waals surface area (Å²) in [5.41, 5.74) is 3.14. The smallest absolute Gasteiger partial charge is 0.144 e. The summed E-state index contributed by atoms with van der Waals surface area (Å²) in [5, 5.41) is 13.8. The van der Waals surface area contributed by atoms with E-state index in [4.69, 9.17) is 0 Å². The van der Waals surface area contributed by atoms with Crippen molar-refractivity contribution in [2.24, 2.45) is 0 Å². The maximum atomic E-state index is 9.29. The van der Waals surface area contributed by atoms with Crippen LogP contribution >= 0.6 is 15.9 Å². The van der Waals surface area contributed by atoms with Crippen LogP contribution in [0.3, 0.4) is 0 Å². The molecule has 0 aliphatic rings. The van der Waals surface area contributed by atoms with E-state index in [9.17, 15) is 5.26 Å². The average Bonchev–Trinajstić information content (AvgIpc) is 2.92. The van der Waals surface area contributed by atoms with Gasteiger partial charge in [-0.05, 0) is 18.2 Å². The number of aromatic nitrogens is 2. The Morgan fingerprint density at radius 1 is 1.00 bits per heavy atom. The van der Waals surface area contributed by atoms with Gasteiger partial charge in [-0.3, -0.25) is 0 Å². The zero-order chi connectivity index (χ0) is 13.9. The molecule has 0 N–H and O–H groups in total. The molecule has 0 fully saturated rings. The first kappa shape index (κ1) is 12.6. The Bertz CT molecular complexity index is 785. The summed E-state index contributed by atoms with van der Waals surface area (Å²) in [6, 6.07) is 21.5. The Morgan fingerprint density at radius 2 is 1.70 bits per heavy atom. The van der Waals surface area contributed by atoms with Crippen LogP contribution in [0, 0.1) is 11.3 Å². The van der Waals surface area contributed by atoms with E-state index in [1.54, 1.807) is 10.7 Å². The lowest BCUT2D eigenvalue weighted by atomic mass is 10.1. The van der Waals surface area contributed by atoms with Gasteiger partial charge in [0.2, 0.25) is 0 Å². The maximum Gasteiger partial charge on any atom is 0.144 e. The standard InChI is InChI=1S/C16H10BrN3/c17-15-9-5-4-8-14(15)16-10-13(11-18)20(19-16)12-6-2-1-3-7-12/h1-10H. The molecule has 0 saturated heterocycles. The van der Waals surface area contributed by atoms with Crippen LogP contribution < -0.4 is 0 Å². The number of para-hydroxylation sites is 1. The molecule has 0 unspecified atom stereocenters. The van der Waals surface area contributed by atoms with Gasteiger partial charge in [0, 0.05) is 16.1 Å². The fourth-order valence-corrected chi connectivity index (χ4v) is 2.52. The Balaban J connectivity index is 2.16. The fraction of sp³-hybridized carbons (Fsp3) is 0. The molecule has 1 aromatic heterocycles. The molecule has 3 aromatic rings. The van der Waals surface area contributed by atoms with Crippen molar-refractivity contribution in [1.82, 2.24) is 9.78 Å². The van der Waals surface area contributed by atoms with Crippen LogP contribution in [0.25, 0.3) is 16.9 Å². The topological polar surface area (TPSA) is 41.6 Å². The van der Waals surface area contributed by atoms with Crippen LogP contribution in [-0.2, 0) is 0 Å². The minimum absolute atomic E-state index is 0.516. The summed E-state index contributed by atoms with van der Waals surface area (Å²) in [6.45, 7) is 0. The van der Waals surface area contributed by atoms with Crippen molar-refractivity contribution in [1.29, 1.82) is 5.26 Å². The van der Waals surface area contributed by atoms with Crippen molar-refractivity contribution in [3.8, 4) is 23.0 Å². The second kappa shape index (κ2) is 5.32. The molecule has 0 bridgehead atoms. The minimum atomic E-state index is 0.516. The highest BCUT2D eigenvalue weighted by molar-refractivity contribution is 9.10. The van der Waals surface area contributed by atoms with Gasteiger partial charge in [-0.2, -0.15) is 10.4 Å². The molecule has 0 aliphatic heterocycles. The predicted octanol–water partition coefficient (Wildman–Crippen LogP) is 4.17. The van der Waals surface area contributed by atoms with Gasteiger partial charge < -0.3 is 0 Å². The van der Waals surface area contributed by atoms with Gasteiger partial charge in [-0.15, -0.1) is 0 Å². The summed E-state index contributed by atoms with van der Waals surface area (Å²) in [5.74, 6) is 0. The van der Waals surface area contributed by atoms with Gasteiger partial charge in [-0.1, -0.05) is 52.3 Å². The molecular weight excluding hydrogens is 314 g/mol. The van der Waals surface area contributed by atoms with Crippen LogP contribution in [-0.4, -0.2) is 9.78 Å². The number of hydrogen-bond donors (Lipinski definition) is 0. The van der Waals surface area contributed by atoms with Crippen molar-refractivity contribution in [3.05, 3.63) is 70.8 Å². The van der Waals surface area contributed by atoms with E-state index in [1.807, 2.05) is 54.6 Å². The normalized spacial score (nSPS) is 10.2. The van der Waals surface area contributed by atoms with Crippen LogP contribution in [0.15, 0.2) is 65.1 Å². The second-order valence-corrected chi connectivity index (χ2v) is 5.11. The van der Waals surface area contributed by atoms with Gasteiger partial charge in [0.1, 0.15) is 11.8 Å². The molecule has 0 saturated carbocycles. The fourth-order valence-electron chi connectivity index (χ4n) is 2.03. The minimum Gasteiger partial charge on any atom is -0.222 e. The summed E-state index contributed by atoms with van der Waals surface area (Å²) >= 11 is 3.51. The van der Waals surface area contributed by atoms with Crippen LogP contribution in [0.2, 0.25) is 0 Å². The van der Waals surface area contributed by atoms with Crippen molar-refractivity contribution in [2.45, 2.75) is 0 Å². The molecule has 20 heavy (non-hydrogen) atoms. The first-order valence-corrected chi connectivity index (χ1v) is 6.89. The summed E-state index contributed by atoms with van der Waals surface area (Å²) < 4.78 is 2.62. The van der Waals surface area contributed by atoms with Gasteiger partial charge in [0.15, 0.2) is 0 Å². The van der Waals surface area contributed by atoms with Crippen LogP contribution in [0.4, 0.5) is 0 Å². The zero-order valence-electron chi connectivity index (χ0n) is 10.5. The van der Waals surface area contributed by atoms with Crippen LogP contribution in [0.5, 0.6) is 0 Å². The Hall–Kier alpha value is -2.38. The third-order valence-electron chi connectivity index (χ3n) is 2.97. The first-order chi connectivity index (χ1) is 9.79. The third kappa shape index (κ3) is 2.24. The first-order valence-electron chi connectivity index (χ1n) is 6.10. The number of benzene rings is 2. The number of halogens is 1. The second-order valence-electron chi connectivity index (χ2n) is 4.25. The predicted molar refractivity (Wildman–Crippen MR) is 81.4 cm³/mol. The van der Waals surface area contributed by atoms with E-state index in [2.05, 4.69) is 27.1 Å². The Labute approximate surface area is 125 Å². The van der Waals surface area contributed by atoms with Gasteiger partial charge in [-0.25, -0.2) is 4.68 Å². The highest BCUT2D eigenvalue weighted by Crippen LogP contribution is 2.28. The van der Waals surface area contributed by atoms with E-state index in [0.717, 1.165) is 21.4 Å². The van der Waals surface area contributed by atoms with E-state index >= 15 is 0 Å². The van der Waals surface area contributed by atoms with E-state index in [0.29, 0.717) is 5.69 Å². The van der Waals surface area contributed by atoms with Crippen molar-refractivity contribution in [2.75, 3.05) is 0 Å². The van der Waals surface area contributed by atoms with Crippen molar-refractivity contribution < 1.29 is 0 Å². The largest absolute Gasteiger partial charge is 0.222 e. The molecule has 4 heteroatoms. The number of hydrogen-bond acceptors (Lipinski definition) is 2. The maximum absolute atomic E-state index is 9.29. The number of nitriles is 1. The SMILES string of the molecule is N#Cc1cc(-c2ccccc2Br)nn1-c1ccccc1. The summed E-state index contributed by atoms with van der Waals surface area (Å²) in [7, 11) is 0. The van der Waals surface area contributed by atoms with Crippen LogP contribution in [0.1, 0.15) is 5.69 Å². The molecule has 3 nitrogen and oxygen atoms in total. The molecule has 0 radical (unpaired) electrons. The quantitative estimate of drug-likeness (QED) is 0.710. The van der Waals surface area contributed by atoms with Crippen molar-refractivity contribution >= 4 is 15.9 Å². The lowest BCUT2D eigenvalue weighted by Gasteiger charge is -2.02. The molecular formula is C16H10BrN3. The van der Waals surface area contributed by atoms with Gasteiger partial charge in [0.25, 0.3) is 0 Å². The average molecular weight is 324 g/mol. The molecule has 96 valence electrons. The summed E-state index contributed by atoms with van der Waals surface area (Å²) in [6.07, 6.45) is 0. The van der Waals surface area contributed by atoms with E-state index in [1.165, 1.54) is 0 Å². The van der Waals surface area contributed by atoms with E-state index in [-0.39, 0.29) is 0 Å². The van der Waals surface area contributed by atoms with Gasteiger partial charge in [0.05, 0.1) is 11.4 Å². The lowest BCUT2D eigenvalue weighted by Crippen LogP contribution is -1.98. The van der Waals surface area contributed by atoms with E-state index < -0.39 is 0 Å². The summed E-state index contributed by atoms with van der Waals surface area (Å²) in [4.78, 5) is 0. The molecule has 1 heterocycles. The molecule has 0 spiro atoms. The molecule has 3 rings (SSSR count). The molecule has 2 aromatic carbocycles. The lowest BCUT2D eigenvalue weighted by molar-refractivity contribution is 0.870. The Kier molecular flexibility index (Phi) is 3.36. The number of rotatable bonds is 2. The monoisotopic (exact) mass is 323 g/mol. The third-order valence-corrected chi connectivity index (χ3v) is 3.67. The molecule has 0 amide bonds. The molecule has 0 aliphatic carbocycles.